The average Bonchev–Trinajstić information content (AvgIpc) is 2.72. The molecular weight excluding hydrogens is 374 g/mol. The molecule has 1 heterocycles. The third-order valence-corrected chi connectivity index (χ3v) is 7.15. The van der Waals surface area contributed by atoms with Crippen LogP contribution in [0, 0.1) is 24.7 Å². The Balaban J connectivity index is 1.55. The quantitative estimate of drug-likeness (QED) is 0.603. The maximum absolute atomic E-state index is 11.8. The summed E-state index contributed by atoms with van der Waals surface area (Å²) in [6.45, 7) is 9.18. The zero-order valence-electron chi connectivity index (χ0n) is 18.8. The Labute approximate surface area is 180 Å². The summed E-state index contributed by atoms with van der Waals surface area (Å²) in [5, 5.41) is 2.55. The van der Waals surface area contributed by atoms with Crippen molar-refractivity contribution in [2.45, 2.75) is 59.1 Å². The molecule has 2 aromatic carbocycles. The molecule has 0 spiro atoms. The number of benzene rings is 2. The highest BCUT2D eigenvalue weighted by atomic mass is 16.5. The van der Waals surface area contributed by atoms with Crippen LogP contribution in [0.25, 0.3) is 10.8 Å². The van der Waals surface area contributed by atoms with Crippen molar-refractivity contribution < 1.29 is 14.3 Å². The Morgan fingerprint density at radius 1 is 1.10 bits per heavy atom. The predicted molar refractivity (Wildman–Crippen MR) is 121 cm³/mol. The largest absolute Gasteiger partial charge is 0.490 e. The van der Waals surface area contributed by atoms with E-state index in [1.54, 1.807) is 0 Å². The van der Waals surface area contributed by atoms with Crippen LogP contribution in [0.4, 0.5) is 0 Å². The first-order valence-electron chi connectivity index (χ1n) is 11.4. The number of ether oxygens (including phenoxy) is 2. The van der Waals surface area contributed by atoms with E-state index in [0.717, 1.165) is 50.1 Å². The zero-order valence-corrected chi connectivity index (χ0v) is 18.8. The molecular formula is C26H35NO3. The molecule has 4 heteroatoms. The second-order valence-corrected chi connectivity index (χ2v) is 9.53. The van der Waals surface area contributed by atoms with E-state index in [-0.39, 0.29) is 11.9 Å². The minimum Gasteiger partial charge on any atom is -0.490 e. The van der Waals surface area contributed by atoms with Crippen molar-refractivity contribution >= 4 is 16.7 Å². The van der Waals surface area contributed by atoms with Crippen molar-refractivity contribution in [1.82, 2.24) is 4.90 Å². The number of aryl methyl sites for hydroxylation is 1. The van der Waals surface area contributed by atoms with Crippen LogP contribution in [0.3, 0.4) is 0 Å². The Kier molecular flexibility index (Phi) is 6.33. The Hall–Kier alpha value is -2.07. The highest BCUT2D eigenvalue weighted by Crippen LogP contribution is 2.37. The van der Waals surface area contributed by atoms with Crippen molar-refractivity contribution in [1.29, 1.82) is 0 Å². The topological polar surface area (TPSA) is 38.8 Å². The molecule has 30 heavy (non-hydrogen) atoms. The Morgan fingerprint density at radius 2 is 1.77 bits per heavy atom. The molecule has 162 valence electrons. The van der Waals surface area contributed by atoms with Gasteiger partial charge in [0.2, 0.25) is 0 Å². The first-order valence-corrected chi connectivity index (χ1v) is 11.4. The lowest BCUT2D eigenvalue weighted by Crippen LogP contribution is -2.50. The maximum atomic E-state index is 11.8. The Morgan fingerprint density at radius 3 is 2.40 bits per heavy atom. The number of hydrogen-bond donors (Lipinski definition) is 0. The van der Waals surface area contributed by atoms with Crippen molar-refractivity contribution in [3.63, 3.8) is 0 Å². The predicted octanol–water partition coefficient (Wildman–Crippen LogP) is 5.35. The lowest BCUT2D eigenvalue weighted by atomic mass is 9.80. The van der Waals surface area contributed by atoms with Gasteiger partial charge in [-0.3, -0.25) is 9.69 Å². The molecule has 2 fully saturated rings. The van der Waals surface area contributed by atoms with Crippen LogP contribution in [-0.4, -0.2) is 37.2 Å². The van der Waals surface area contributed by atoms with Gasteiger partial charge < -0.3 is 9.47 Å². The normalized spacial score (nSPS) is 22.8. The molecule has 0 atom stereocenters. The summed E-state index contributed by atoms with van der Waals surface area (Å²) in [6, 6.07) is 10.8. The molecule has 0 unspecified atom stereocenters. The molecule has 1 aliphatic heterocycles. The summed E-state index contributed by atoms with van der Waals surface area (Å²) in [6.07, 6.45) is 5.11. The van der Waals surface area contributed by atoms with Crippen molar-refractivity contribution in [3.8, 4) is 5.75 Å². The first kappa shape index (κ1) is 21.2. The monoisotopic (exact) mass is 409 g/mol. The molecule has 4 nitrogen and oxygen atoms in total. The lowest BCUT2D eigenvalue weighted by molar-refractivity contribution is -0.151. The molecule has 0 radical (unpaired) electrons. The number of nitrogens with zero attached hydrogens (tertiary/aromatic N) is 1. The second kappa shape index (κ2) is 8.97. The van der Waals surface area contributed by atoms with Crippen LogP contribution < -0.4 is 4.74 Å². The smallest absolute Gasteiger partial charge is 0.311 e. The summed E-state index contributed by atoms with van der Waals surface area (Å²) in [5.41, 5.74) is 2.52. The number of likely N-dealkylation sites (tertiary alicyclic amines) is 1. The van der Waals surface area contributed by atoms with Gasteiger partial charge in [0.15, 0.2) is 0 Å². The van der Waals surface area contributed by atoms with Gasteiger partial charge in [-0.1, -0.05) is 38.1 Å². The van der Waals surface area contributed by atoms with Crippen LogP contribution in [0.15, 0.2) is 30.3 Å². The fraction of sp³-hybridized carbons (Fsp3) is 0.577. The summed E-state index contributed by atoms with van der Waals surface area (Å²) in [5.74, 6) is 2.53. The lowest BCUT2D eigenvalue weighted by Gasteiger charge is -2.38. The summed E-state index contributed by atoms with van der Waals surface area (Å²) < 4.78 is 11.5. The number of esters is 1. The van der Waals surface area contributed by atoms with E-state index in [9.17, 15) is 4.79 Å². The average molecular weight is 410 g/mol. The van der Waals surface area contributed by atoms with Crippen LogP contribution in [-0.2, 0) is 16.1 Å². The molecule has 2 aromatic rings. The number of methoxy groups -OCH3 is 1. The highest BCUT2D eigenvalue weighted by Gasteiger charge is 2.34. The second-order valence-electron chi connectivity index (χ2n) is 9.53. The number of carbonyl (C=O) groups is 1. The molecule has 2 aliphatic rings. The van der Waals surface area contributed by atoms with E-state index in [2.05, 4.69) is 56.0 Å². The van der Waals surface area contributed by atoms with Gasteiger partial charge >= 0.3 is 5.97 Å². The number of rotatable bonds is 6. The molecule has 1 aliphatic carbocycles. The van der Waals surface area contributed by atoms with Gasteiger partial charge in [0, 0.05) is 25.2 Å². The molecule has 1 saturated heterocycles. The fourth-order valence-corrected chi connectivity index (χ4v) is 5.14. The van der Waals surface area contributed by atoms with Gasteiger partial charge in [-0.2, -0.15) is 0 Å². The maximum Gasteiger partial charge on any atom is 0.311 e. The van der Waals surface area contributed by atoms with Crippen LogP contribution in [0.5, 0.6) is 5.75 Å². The minimum atomic E-state index is -0.0987. The van der Waals surface area contributed by atoms with E-state index < -0.39 is 0 Å². The van der Waals surface area contributed by atoms with Crippen LogP contribution in [0.1, 0.15) is 50.7 Å². The fourth-order valence-electron chi connectivity index (χ4n) is 5.14. The van der Waals surface area contributed by atoms with Gasteiger partial charge in [-0.15, -0.1) is 0 Å². The minimum absolute atomic E-state index is 0.00222. The van der Waals surface area contributed by atoms with E-state index >= 15 is 0 Å². The van der Waals surface area contributed by atoms with Crippen molar-refractivity contribution in [2.75, 3.05) is 20.2 Å². The molecule has 0 amide bonds. The number of hydrogen-bond acceptors (Lipinski definition) is 4. The van der Waals surface area contributed by atoms with Gasteiger partial charge in [-0.05, 0) is 66.8 Å². The highest BCUT2D eigenvalue weighted by molar-refractivity contribution is 5.90. The van der Waals surface area contributed by atoms with Crippen molar-refractivity contribution in [3.05, 3.63) is 41.5 Å². The van der Waals surface area contributed by atoms with Gasteiger partial charge in [0.25, 0.3) is 0 Å². The van der Waals surface area contributed by atoms with Gasteiger partial charge in [0.05, 0.1) is 19.1 Å². The van der Waals surface area contributed by atoms with E-state index in [1.807, 2.05) is 0 Å². The summed E-state index contributed by atoms with van der Waals surface area (Å²) >= 11 is 0. The molecule has 4 rings (SSSR count). The SMILES string of the molecule is COC(=O)C1CN(Cc2c(O[C@H]3CC[C@H](C(C)C)CC3)cc(C)c3ccccc23)C1. The molecule has 0 bridgehead atoms. The summed E-state index contributed by atoms with van der Waals surface area (Å²) in [7, 11) is 1.47. The molecule has 0 aromatic heterocycles. The van der Waals surface area contributed by atoms with E-state index in [4.69, 9.17) is 9.47 Å². The third kappa shape index (κ3) is 4.34. The van der Waals surface area contributed by atoms with E-state index in [1.165, 1.54) is 41.9 Å². The number of fused-ring (bicyclic) bond motifs is 1. The van der Waals surface area contributed by atoms with Crippen LogP contribution in [0.2, 0.25) is 0 Å². The first-order chi connectivity index (χ1) is 14.5. The zero-order chi connectivity index (χ0) is 21.3. The van der Waals surface area contributed by atoms with Crippen LogP contribution >= 0.6 is 0 Å². The van der Waals surface area contributed by atoms with Gasteiger partial charge in [-0.25, -0.2) is 0 Å². The molecule has 0 N–H and O–H groups in total. The standard InChI is InChI=1S/C26H35NO3/c1-17(2)19-9-11-21(12-10-19)30-25-13-18(3)22-7-5-6-8-23(22)24(25)16-27-14-20(15-27)26(28)29-4/h5-8,13,17,19-21H,9-12,14-16H2,1-4H3/t19-,21-. The van der Waals surface area contributed by atoms with Crippen molar-refractivity contribution in [2.24, 2.45) is 17.8 Å². The third-order valence-electron chi connectivity index (χ3n) is 7.15. The van der Waals surface area contributed by atoms with Gasteiger partial charge in [0.1, 0.15) is 5.75 Å². The summed E-state index contributed by atoms with van der Waals surface area (Å²) in [4.78, 5) is 14.1. The molecule has 1 saturated carbocycles. The number of carbonyl (C=O) groups excluding carboxylic acids is 1. The Bertz CT molecular complexity index is 893. The van der Waals surface area contributed by atoms with E-state index in [0.29, 0.717) is 6.10 Å².